The van der Waals surface area contributed by atoms with Crippen LogP contribution >= 0.6 is 0 Å². The molecule has 1 N–H and O–H groups in total. The van der Waals surface area contributed by atoms with E-state index < -0.39 is 33.6 Å². The van der Waals surface area contributed by atoms with Crippen LogP contribution in [0.15, 0.2) is 143 Å². The number of carbonyl (C=O) groups excluding carboxylic acids is 2. The monoisotopic (exact) mass is 974 g/mol. The fourth-order valence-electron chi connectivity index (χ4n) is 12.1. The Kier molecular flexibility index (Phi) is 10.6. The number of fused-ring (bicyclic) bond motifs is 12. The number of aromatic nitrogens is 2. The van der Waals surface area contributed by atoms with Gasteiger partial charge in [-0.25, -0.2) is 17.6 Å². The molecule has 72 heavy (non-hydrogen) atoms. The highest BCUT2D eigenvalue weighted by Crippen LogP contribution is 2.58. The van der Waals surface area contributed by atoms with E-state index in [1.165, 1.54) is 57.1 Å². The van der Waals surface area contributed by atoms with Crippen LogP contribution in [-0.4, -0.2) is 63.5 Å². The third-order valence-corrected chi connectivity index (χ3v) is 15.1. The molecule has 0 spiro atoms. The molecule has 2 aliphatic heterocycles. The van der Waals surface area contributed by atoms with Crippen LogP contribution in [0.2, 0.25) is 0 Å². The zero-order valence-electron chi connectivity index (χ0n) is 38.2. The van der Waals surface area contributed by atoms with Gasteiger partial charge in [0.05, 0.1) is 0 Å². The minimum Gasteiger partial charge on any atom is -0.502 e. The van der Waals surface area contributed by atoms with Crippen LogP contribution in [-0.2, 0) is 36.9 Å². The highest BCUT2D eigenvalue weighted by Gasteiger charge is 2.60. The number of aromatic hydroxyl groups is 1. The second-order valence-electron chi connectivity index (χ2n) is 18.7. The SMILES string of the molecule is C.CN1CN(C23C(=Cc4c(F)cccc42)Cc2c(F)cccc23)n2ccc(=O)c(OCc3ccccc3)c2C1=O.CN1CN(C23c4cccc(F)c4CC2Cc2c(F)cccc23)n2ccc(=O)c(O)c2C1=O. The smallest absolute Gasteiger partial charge is 0.277 e. The summed E-state index contributed by atoms with van der Waals surface area (Å²) in [6.45, 7) is 0.315. The minimum atomic E-state index is -1.09. The highest BCUT2D eigenvalue weighted by atomic mass is 19.1. The normalized spacial score (nSPS) is 20.5. The lowest BCUT2D eigenvalue weighted by Crippen LogP contribution is -2.62. The van der Waals surface area contributed by atoms with Gasteiger partial charge < -0.3 is 19.6 Å². The number of nitrogens with zero attached hydrogens (tertiary/aromatic N) is 6. The summed E-state index contributed by atoms with van der Waals surface area (Å²) < 4.78 is 69.2. The Bertz CT molecular complexity index is 3560. The second kappa shape index (κ2) is 16.6. The van der Waals surface area contributed by atoms with E-state index in [2.05, 4.69) is 0 Å². The fraction of sp³-hybridized carbons (Fsp3) is 0.214. The van der Waals surface area contributed by atoms with Gasteiger partial charge in [0, 0.05) is 50.1 Å². The molecule has 2 amide bonds. The quantitative estimate of drug-likeness (QED) is 0.175. The van der Waals surface area contributed by atoms with Crippen molar-refractivity contribution in [2.24, 2.45) is 5.92 Å². The van der Waals surface area contributed by atoms with Gasteiger partial charge in [0.25, 0.3) is 11.8 Å². The van der Waals surface area contributed by atoms with Gasteiger partial charge in [-0.15, -0.1) is 0 Å². The molecule has 1 atom stereocenters. The molecule has 0 fully saturated rings. The molecule has 12 nitrogen and oxygen atoms in total. The molecule has 5 aromatic carbocycles. The van der Waals surface area contributed by atoms with Gasteiger partial charge in [0.2, 0.25) is 10.9 Å². The van der Waals surface area contributed by atoms with Gasteiger partial charge >= 0.3 is 0 Å². The van der Waals surface area contributed by atoms with Gasteiger partial charge in [0.15, 0.2) is 22.9 Å². The van der Waals surface area contributed by atoms with Crippen LogP contribution < -0.4 is 25.6 Å². The van der Waals surface area contributed by atoms with Crippen LogP contribution in [0, 0.1) is 29.2 Å². The molecule has 4 heterocycles. The maximum atomic E-state index is 15.2. The molecule has 4 aliphatic carbocycles. The van der Waals surface area contributed by atoms with Gasteiger partial charge in [-0.05, 0) is 99.7 Å². The average Bonchev–Trinajstić information content (AvgIpc) is 4.08. The molecule has 0 saturated heterocycles. The molecule has 13 rings (SSSR count). The Hall–Kier alpha value is -8.40. The van der Waals surface area contributed by atoms with E-state index in [1.807, 2.05) is 64.6 Å². The zero-order valence-corrected chi connectivity index (χ0v) is 38.2. The van der Waals surface area contributed by atoms with Crippen molar-refractivity contribution >= 4 is 17.9 Å². The molecule has 16 heteroatoms. The number of ether oxygens (including phenoxy) is 1. The van der Waals surface area contributed by atoms with E-state index in [0.717, 1.165) is 11.1 Å². The van der Waals surface area contributed by atoms with E-state index in [1.54, 1.807) is 55.3 Å². The Balaban J connectivity index is 0.000000156. The summed E-state index contributed by atoms with van der Waals surface area (Å²) in [4.78, 5) is 54.6. The summed E-state index contributed by atoms with van der Waals surface area (Å²) in [5.74, 6) is -3.15. The van der Waals surface area contributed by atoms with Crippen molar-refractivity contribution in [1.29, 1.82) is 0 Å². The van der Waals surface area contributed by atoms with Crippen molar-refractivity contribution in [2.45, 2.75) is 44.4 Å². The number of carbonyl (C=O) groups is 2. The minimum absolute atomic E-state index is 0. The number of pyridine rings is 2. The van der Waals surface area contributed by atoms with E-state index in [-0.39, 0.29) is 86.0 Å². The largest absolute Gasteiger partial charge is 0.502 e. The first-order chi connectivity index (χ1) is 34.3. The van der Waals surface area contributed by atoms with E-state index in [4.69, 9.17) is 4.74 Å². The molecule has 1 unspecified atom stereocenters. The maximum absolute atomic E-state index is 15.2. The van der Waals surface area contributed by atoms with E-state index >= 15 is 8.78 Å². The molecular weight excluding hydrogens is 929 g/mol. The standard InChI is InChI=1S/C31H23F2N3O3.C24H19F2N3O3.CH4/c1-34-18-36(35-14-13-27(37)29(28(35)30(34)38)39-17-19-7-3-2-4-8-19)31-20(15-21-23(31)9-5-11-25(21)32)16-22-24(31)10-6-12-26(22)33;1-27-12-29(28-9-8-20(30)22(31)21(28)23(27)32)24-13(10-14-16(24)4-2-6-18(14)25)11-15-17(24)5-3-7-19(15)26;/h2-15H,16-18H2,1H3;2-9,13,31H,10-12H2,1H3;1H4. The lowest BCUT2D eigenvalue weighted by molar-refractivity contribution is 0.0694. The van der Waals surface area contributed by atoms with Crippen molar-refractivity contribution in [3.8, 4) is 11.5 Å². The molecule has 7 aromatic rings. The van der Waals surface area contributed by atoms with Crippen LogP contribution in [0.3, 0.4) is 0 Å². The first kappa shape index (κ1) is 46.0. The van der Waals surface area contributed by atoms with E-state index in [9.17, 15) is 33.1 Å². The van der Waals surface area contributed by atoms with E-state index in [0.29, 0.717) is 57.3 Å². The molecule has 0 saturated carbocycles. The summed E-state index contributed by atoms with van der Waals surface area (Å²) >= 11 is 0. The molecule has 0 bridgehead atoms. The lowest BCUT2D eigenvalue weighted by Gasteiger charge is -2.50. The van der Waals surface area contributed by atoms with Gasteiger partial charge in [-0.2, -0.15) is 0 Å². The topological polar surface area (TPSA) is 121 Å². The van der Waals surface area contributed by atoms with Crippen molar-refractivity contribution in [3.05, 3.63) is 238 Å². The Labute approximate surface area is 410 Å². The molecule has 2 aromatic heterocycles. The maximum Gasteiger partial charge on any atom is 0.277 e. The van der Waals surface area contributed by atoms with Crippen molar-refractivity contribution in [3.63, 3.8) is 0 Å². The number of amides is 2. The van der Waals surface area contributed by atoms with Crippen LogP contribution in [0.1, 0.15) is 78.5 Å². The third kappa shape index (κ3) is 6.23. The number of rotatable bonds is 5. The fourth-order valence-corrected chi connectivity index (χ4v) is 12.1. The van der Waals surface area contributed by atoms with Crippen LogP contribution in [0.4, 0.5) is 17.6 Å². The van der Waals surface area contributed by atoms with Crippen molar-refractivity contribution in [1.82, 2.24) is 19.2 Å². The van der Waals surface area contributed by atoms with Crippen LogP contribution in [0.5, 0.6) is 11.5 Å². The zero-order chi connectivity index (χ0) is 49.2. The van der Waals surface area contributed by atoms with Gasteiger partial charge in [-0.3, -0.25) is 38.5 Å². The number of hydrogen-bond donors (Lipinski definition) is 1. The van der Waals surface area contributed by atoms with Crippen molar-refractivity contribution < 1.29 is 37.0 Å². The Morgan fingerprint density at radius 1 is 0.597 bits per heavy atom. The van der Waals surface area contributed by atoms with Crippen LogP contribution in [0.25, 0.3) is 6.08 Å². The number of hydrogen-bond acceptors (Lipinski definition) is 8. The Morgan fingerprint density at radius 3 is 1.76 bits per heavy atom. The molecule has 6 aliphatic rings. The second-order valence-corrected chi connectivity index (χ2v) is 18.7. The number of benzene rings is 5. The summed E-state index contributed by atoms with van der Waals surface area (Å²) in [5, 5.41) is 14.2. The van der Waals surface area contributed by atoms with Gasteiger partial charge in [0.1, 0.15) is 54.3 Å². The predicted octanol–water partition coefficient (Wildman–Crippen LogP) is 7.71. The number of halogens is 4. The summed E-state index contributed by atoms with van der Waals surface area (Å²) in [6, 6.07) is 31.5. The average molecular weight is 975 g/mol. The summed E-state index contributed by atoms with van der Waals surface area (Å²) in [7, 11) is 3.21. The summed E-state index contributed by atoms with van der Waals surface area (Å²) in [5.41, 5.74) is 3.24. The predicted molar refractivity (Wildman–Crippen MR) is 261 cm³/mol. The Morgan fingerprint density at radius 2 is 1.12 bits per heavy atom. The first-order valence-corrected chi connectivity index (χ1v) is 23.0. The molecule has 0 radical (unpaired) electrons. The first-order valence-electron chi connectivity index (χ1n) is 23.0. The van der Waals surface area contributed by atoms with Gasteiger partial charge in [-0.1, -0.05) is 86.3 Å². The lowest BCUT2D eigenvalue weighted by atomic mass is 9.81. The third-order valence-electron chi connectivity index (χ3n) is 15.1. The summed E-state index contributed by atoms with van der Waals surface area (Å²) in [6.07, 6.45) is 5.88. The molecular formula is C56H46F4N6O6. The molecule has 364 valence electrons. The van der Waals surface area contributed by atoms with Crippen molar-refractivity contribution in [2.75, 3.05) is 37.5 Å². The highest BCUT2D eigenvalue weighted by molar-refractivity contribution is 5.97.